The van der Waals surface area contributed by atoms with Gasteiger partial charge in [0.1, 0.15) is 0 Å². The largest absolute Gasteiger partial charge is 0.381 e. The molecule has 13 heavy (non-hydrogen) atoms. The van der Waals surface area contributed by atoms with Crippen LogP contribution >= 0.6 is 0 Å². The summed E-state index contributed by atoms with van der Waals surface area (Å²) in [5.74, 6) is -0.0398. The van der Waals surface area contributed by atoms with Crippen LogP contribution in [0.4, 0.5) is 0 Å². The van der Waals surface area contributed by atoms with Gasteiger partial charge in [-0.25, -0.2) is 0 Å². The van der Waals surface area contributed by atoms with Gasteiger partial charge in [-0.05, 0) is 19.3 Å². The van der Waals surface area contributed by atoms with Crippen molar-refractivity contribution in [3.05, 3.63) is 0 Å². The molecular weight excluding hydrogens is 168 g/mol. The fourth-order valence-corrected chi connectivity index (χ4v) is 1.37. The number of rotatable bonds is 4. The van der Waals surface area contributed by atoms with Crippen LogP contribution in [0.25, 0.3) is 0 Å². The molecule has 3 N–H and O–H groups in total. The van der Waals surface area contributed by atoms with E-state index < -0.39 is 0 Å². The smallest absolute Gasteiger partial charge is 0.237 e. The van der Waals surface area contributed by atoms with E-state index >= 15 is 0 Å². The summed E-state index contributed by atoms with van der Waals surface area (Å²) >= 11 is 0. The first-order valence-electron chi connectivity index (χ1n) is 4.76. The van der Waals surface area contributed by atoms with Crippen molar-refractivity contribution in [1.82, 2.24) is 5.32 Å². The summed E-state index contributed by atoms with van der Waals surface area (Å²) in [6.07, 6.45) is 2.84. The molecule has 1 fully saturated rings. The van der Waals surface area contributed by atoms with Crippen molar-refractivity contribution >= 4 is 5.91 Å². The minimum Gasteiger partial charge on any atom is -0.381 e. The Labute approximate surface area is 78.8 Å². The molecule has 1 rings (SSSR count). The van der Waals surface area contributed by atoms with E-state index in [2.05, 4.69) is 5.32 Å². The second kappa shape index (κ2) is 4.58. The average molecular weight is 186 g/mol. The Hall–Kier alpha value is -0.610. The zero-order valence-corrected chi connectivity index (χ0v) is 8.25. The van der Waals surface area contributed by atoms with E-state index in [1.54, 1.807) is 7.11 Å². The molecule has 0 aromatic heterocycles. The molecule has 0 radical (unpaired) electrons. The molecule has 1 saturated carbocycles. The van der Waals surface area contributed by atoms with Gasteiger partial charge in [-0.15, -0.1) is 0 Å². The molecule has 0 saturated heterocycles. The van der Waals surface area contributed by atoms with Gasteiger partial charge in [-0.3, -0.25) is 4.79 Å². The van der Waals surface area contributed by atoms with Crippen molar-refractivity contribution in [2.24, 2.45) is 5.73 Å². The van der Waals surface area contributed by atoms with Crippen molar-refractivity contribution < 1.29 is 9.53 Å². The Morgan fingerprint density at radius 2 is 2.31 bits per heavy atom. The maximum atomic E-state index is 11.3. The average Bonchev–Trinajstić information content (AvgIpc) is 2.08. The maximum Gasteiger partial charge on any atom is 0.237 e. The lowest BCUT2D eigenvalue weighted by molar-refractivity contribution is -0.124. The zero-order chi connectivity index (χ0) is 9.84. The molecule has 0 aromatic rings. The summed E-state index contributed by atoms with van der Waals surface area (Å²) < 4.78 is 5.10. The standard InChI is InChI=1S/C9H18N2O2/c1-3-8(10)9(12)11-6-4-7(5-6)13-2/h6-8H,3-5,10H2,1-2H3,(H,11,12). The molecule has 1 aliphatic carbocycles. The third-order valence-electron chi connectivity index (χ3n) is 2.55. The van der Waals surface area contributed by atoms with Crippen LogP contribution in [0.15, 0.2) is 0 Å². The van der Waals surface area contributed by atoms with Crippen molar-refractivity contribution in [1.29, 1.82) is 0 Å². The van der Waals surface area contributed by atoms with Crippen molar-refractivity contribution in [3.63, 3.8) is 0 Å². The quantitative estimate of drug-likeness (QED) is 0.650. The fourth-order valence-electron chi connectivity index (χ4n) is 1.37. The first-order chi connectivity index (χ1) is 6.17. The SMILES string of the molecule is CCC(N)C(=O)NC1CC(OC)C1. The first kappa shape index (κ1) is 10.5. The van der Waals surface area contributed by atoms with Gasteiger partial charge >= 0.3 is 0 Å². The van der Waals surface area contributed by atoms with Gasteiger partial charge in [0.15, 0.2) is 0 Å². The zero-order valence-electron chi connectivity index (χ0n) is 8.25. The van der Waals surface area contributed by atoms with Crippen LogP contribution < -0.4 is 11.1 Å². The van der Waals surface area contributed by atoms with Crippen molar-refractivity contribution in [2.75, 3.05) is 7.11 Å². The highest BCUT2D eigenvalue weighted by Gasteiger charge is 2.30. The lowest BCUT2D eigenvalue weighted by Gasteiger charge is -2.35. The van der Waals surface area contributed by atoms with Crippen LogP contribution in [0.2, 0.25) is 0 Å². The Morgan fingerprint density at radius 3 is 2.77 bits per heavy atom. The van der Waals surface area contributed by atoms with Crippen molar-refractivity contribution in [3.8, 4) is 0 Å². The number of hydrogen-bond donors (Lipinski definition) is 2. The molecule has 4 nitrogen and oxygen atoms in total. The molecule has 0 aromatic carbocycles. The number of hydrogen-bond acceptors (Lipinski definition) is 3. The molecule has 1 aliphatic rings. The molecular formula is C9H18N2O2. The van der Waals surface area contributed by atoms with Crippen LogP contribution in [0.3, 0.4) is 0 Å². The molecule has 0 bridgehead atoms. The van der Waals surface area contributed by atoms with Crippen LogP contribution in [0.5, 0.6) is 0 Å². The van der Waals surface area contributed by atoms with E-state index in [1.165, 1.54) is 0 Å². The summed E-state index contributed by atoms with van der Waals surface area (Å²) in [6.45, 7) is 1.91. The lowest BCUT2D eigenvalue weighted by atomic mass is 9.89. The van der Waals surface area contributed by atoms with E-state index in [0.717, 1.165) is 12.8 Å². The number of carbonyl (C=O) groups is 1. The molecule has 76 valence electrons. The van der Waals surface area contributed by atoms with Crippen LogP contribution in [0.1, 0.15) is 26.2 Å². The number of ether oxygens (including phenoxy) is 1. The molecule has 1 unspecified atom stereocenters. The van der Waals surface area contributed by atoms with E-state index in [-0.39, 0.29) is 18.0 Å². The second-order valence-corrected chi connectivity index (χ2v) is 3.55. The fraction of sp³-hybridized carbons (Fsp3) is 0.889. The van der Waals surface area contributed by atoms with E-state index in [4.69, 9.17) is 10.5 Å². The van der Waals surface area contributed by atoms with Crippen LogP contribution in [0, 0.1) is 0 Å². The molecule has 1 atom stereocenters. The topological polar surface area (TPSA) is 64.4 Å². The summed E-state index contributed by atoms with van der Waals surface area (Å²) in [4.78, 5) is 11.3. The van der Waals surface area contributed by atoms with Gasteiger partial charge in [0, 0.05) is 13.2 Å². The monoisotopic (exact) mass is 186 g/mol. The van der Waals surface area contributed by atoms with Gasteiger partial charge in [-0.2, -0.15) is 0 Å². The normalized spacial score (nSPS) is 29.2. The van der Waals surface area contributed by atoms with Gasteiger partial charge in [-0.1, -0.05) is 6.92 Å². The molecule has 0 aliphatic heterocycles. The minimum absolute atomic E-state index is 0.0398. The van der Waals surface area contributed by atoms with E-state index in [1.807, 2.05) is 6.92 Å². The number of nitrogens with one attached hydrogen (secondary N) is 1. The second-order valence-electron chi connectivity index (χ2n) is 3.55. The summed E-state index contributed by atoms with van der Waals surface area (Å²) in [6, 6.07) is -0.0864. The minimum atomic E-state index is -0.360. The predicted octanol–water partition coefficient (Wildman–Crippen LogP) is 0.0173. The number of amides is 1. The van der Waals surface area contributed by atoms with Gasteiger partial charge < -0.3 is 15.8 Å². The molecule has 0 spiro atoms. The number of carbonyl (C=O) groups excluding carboxylic acids is 1. The van der Waals surface area contributed by atoms with E-state index in [0.29, 0.717) is 12.5 Å². The lowest BCUT2D eigenvalue weighted by Crippen LogP contribution is -2.52. The first-order valence-corrected chi connectivity index (χ1v) is 4.76. The Bertz CT molecular complexity index is 178. The highest BCUT2D eigenvalue weighted by Crippen LogP contribution is 2.22. The Kier molecular flexibility index (Phi) is 3.69. The van der Waals surface area contributed by atoms with Gasteiger partial charge in [0.25, 0.3) is 0 Å². The summed E-state index contributed by atoms with van der Waals surface area (Å²) in [7, 11) is 1.69. The van der Waals surface area contributed by atoms with E-state index in [9.17, 15) is 4.79 Å². The van der Waals surface area contributed by atoms with Crippen LogP contribution in [-0.4, -0.2) is 31.2 Å². The summed E-state index contributed by atoms with van der Waals surface area (Å²) in [5.41, 5.74) is 5.57. The summed E-state index contributed by atoms with van der Waals surface area (Å²) in [5, 5.41) is 2.89. The van der Waals surface area contributed by atoms with Gasteiger partial charge in [0.05, 0.1) is 12.1 Å². The third-order valence-corrected chi connectivity index (χ3v) is 2.55. The van der Waals surface area contributed by atoms with Gasteiger partial charge in [0.2, 0.25) is 5.91 Å². The van der Waals surface area contributed by atoms with Crippen LogP contribution in [-0.2, 0) is 9.53 Å². The third kappa shape index (κ3) is 2.67. The Balaban J connectivity index is 2.16. The van der Waals surface area contributed by atoms with Crippen molar-refractivity contribution in [2.45, 2.75) is 44.4 Å². The maximum absolute atomic E-state index is 11.3. The molecule has 4 heteroatoms. The number of methoxy groups -OCH3 is 1. The predicted molar refractivity (Wildman–Crippen MR) is 50.2 cm³/mol. The molecule has 0 heterocycles. The number of nitrogens with two attached hydrogens (primary N) is 1. The molecule has 1 amide bonds. The highest BCUT2D eigenvalue weighted by atomic mass is 16.5. The Morgan fingerprint density at radius 1 is 1.69 bits per heavy atom. The highest BCUT2D eigenvalue weighted by molar-refractivity contribution is 5.81.